The highest BCUT2D eigenvalue weighted by molar-refractivity contribution is 7.89. The molecule has 1 aromatic heterocycles. The van der Waals surface area contributed by atoms with Gasteiger partial charge in [-0.05, 0) is 50.9 Å². The molecule has 2 saturated heterocycles. The molecule has 0 bridgehead atoms. The lowest BCUT2D eigenvalue weighted by Gasteiger charge is -2.24. The largest absolute Gasteiger partial charge is 0.353 e. The van der Waals surface area contributed by atoms with Crippen LogP contribution in [0.3, 0.4) is 0 Å². The Morgan fingerprint density at radius 2 is 1.90 bits per heavy atom. The lowest BCUT2D eigenvalue weighted by molar-refractivity contribution is -0.124. The maximum atomic E-state index is 13.3. The van der Waals surface area contributed by atoms with Crippen LogP contribution in [0, 0.1) is 0 Å². The predicted molar refractivity (Wildman–Crippen MR) is 112 cm³/mol. The van der Waals surface area contributed by atoms with Crippen molar-refractivity contribution in [2.24, 2.45) is 0 Å². The molecule has 2 fully saturated rings. The zero-order chi connectivity index (χ0) is 20.3. The standard InChI is InChI=1S/C19H27N5O3S2/c25-19(20-10-14-23-11-3-1-2-4-12-23)16-8-6-13-24(16)29(26,27)17-9-5-7-15-18(17)22-28-21-15/h5,7,9,16H,1-4,6,8,10-14H2,(H,20,25)/t16-/m1/s1. The molecule has 2 aliphatic rings. The molecule has 1 amide bonds. The summed E-state index contributed by atoms with van der Waals surface area (Å²) >= 11 is 0.992. The number of fused-ring (bicyclic) bond motifs is 1. The van der Waals surface area contributed by atoms with Crippen molar-refractivity contribution in [3.8, 4) is 0 Å². The molecule has 158 valence electrons. The average molecular weight is 438 g/mol. The predicted octanol–water partition coefficient (Wildman–Crippen LogP) is 1.84. The first-order chi connectivity index (χ1) is 14.1. The minimum Gasteiger partial charge on any atom is -0.353 e. The van der Waals surface area contributed by atoms with Crippen molar-refractivity contribution < 1.29 is 13.2 Å². The highest BCUT2D eigenvalue weighted by Crippen LogP contribution is 2.30. The highest BCUT2D eigenvalue weighted by Gasteiger charge is 2.40. The van der Waals surface area contributed by atoms with E-state index in [-0.39, 0.29) is 10.8 Å². The molecule has 1 aromatic carbocycles. The summed E-state index contributed by atoms with van der Waals surface area (Å²) in [5.74, 6) is -0.204. The van der Waals surface area contributed by atoms with Crippen LogP contribution in [0.1, 0.15) is 38.5 Å². The zero-order valence-corrected chi connectivity index (χ0v) is 18.1. The second-order valence-corrected chi connectivity index (χ2v) is 10.1. The number of carbonyl (C=O) groups excluding carboxylic acids is 1. The Hall–Kier alpha value is -1.62. The number of hydrogen-bond acceptors (Lipinski definition) is 7. The number of benzene rings is 1. The second kappa shape index (κ2) is 9.03. The Morgan fingerprint density at radius 3 is 2.69 bits per heavy atom. The summed E-state index contributed by atoms with van der Waals surface area (Å²) in [6, 6.07) is 4.30. The number of aromatic nitrogens is 2. The Kier molecular flexibility index (Phi) is 6.43. The third-order valence-corrected chi connectivity index (χ3v) is 8.25. The van der Waals surface area contributed by atoms with Crippen molar-refractivity contribution in [2.45, 2.75) is 49.5 Å². The molecule has 29 heavy (non-hydrogen) atoms. The van der Waals surface area contributed by atoms with Gasteiger partial charge in [0.1, 0.15) is 22.0 Å². The fourth-order valence-corrected chi connectivity index (χ4v) is 6.63. The van der Waals surface area contributed by atoms with Crippen LogP contribution in [0.5, 0.6) is 0 Å². The minimum atomic E-state index is -3.81. The average Bonchev–Trinajstić information content (AvgIpc) is 3.33. The van der Waals surface area contributed by atoms with E-state index in [1.54, 1.807) is 18.2 Å². The molecule has 0 spiro atoms. The first-order valence-corrected chi connectivity index (χ1v) is 12.5. The number of likely N-dealkylation sites (tertiary alicyclic amines) is 1. The Morgan fingerprint density at radius 1 is 1.10 bits per heavy atom. The molecule has 4 rings (SSSR count). The van der Waals surface area contributed by atoms with Gasteiger partial charge in [-0.3, -0.25) is 4.79 Å². The van der Waals surface area contributed by atoms with Gasteiger partial charge in [0.25, 0.3) is 0 Å². The lowest BCUT2D eigenvalue weighted by atomic mass is 10.2. The first-order valence-electron chi connectivity index (χ1n) is 10.3. The van der Waals surface area contributed by atoms with Crippen molar-refractivity contribution in [1.29, 1.82) is 0 Å². The number of nitrogens with one attached hydrogen (secondary N) is 1. The van der Waals surface area contributed by atoms with Crippen LogP contribution in [0.25, 0.3) is 11.0 Å². The number of sulfonamides is 1. The van der Waals surface area contributed by atoms with E-state index >= 15 is 0 Å². The molecular weight excluding hydrogens is 410 g/mol. The third-order valence-electron chi connectivity index (χ3n) is 5.77. The van der Waals surface area contributed by atoms with Crippen LogP contribution >= 0.6 is 11.7 Å². The molecule has 10 heteroatoms. The van der Waals surface area contributed by atoms with E-state index in [1.165, 1.54) is 30.0 Å². The van der Waals surface area contributed by atoms with Gasteiger partial charge < -0.3 is 10.2 Å². The van der Waals surface area contributed by atoms with Crippen molar-refractivity contribution in [3.63, 3.8) is 0 Å². The van der Waals surface area contributed by atoms with Crippen molar-refractivity contribution in [2.75, 3.05) is 32.7 Å². The molecule has 0 saturated carbocycles. The fraction of sp³-hybridized carbons (Fsp3) is 0.632. The van der Waals surface area contributed by atoms with E-state index in [1.807, 2.05) is 0 Å². The molecular formula is C19H27N5O3S2. The van der Waals surface area contributed by atoms with Crippen molar-refractivity contribution >= 4 is 38.7 Å². The van der Waals surface area contributed by atoms with E-state index in [4.69, 9.17) is 0 Å². The number of carbonyl (C=O) groups is 1. The highest BCUT2D eigenvalue weighted by atomic mass is 32.2. The summed E-state index contributed by atoms with van der Waals surface area (Å²) in [7, 11) is -3.81. The van der Waals surface area contributed by atoms with Gasteiger partial charge in [-0.2, -0.15) is 13.1 Å². The van der Waals surface area contributed by atoms with Crippen molar-refractivity contribution in [3.05, 3.63) is 18.2 Å². The van der Waals surface area contributed by atoms with Gasteiger partial charge in [0.2, 0.25) is 15.9 Å². The molecule has 1 N–H and O–H groups in total. The van der Waals surface area contributed by atoms with Gasteiger partial charge in [0, 0.05) is 19.6 Å². The quantitative estimate of drug-likeness (QED) is 0.741. The summed E-state index contributed by atoms with van der Waals surface area (Å²) in [5, 5.41) is 2.97. The van der Waals surface area contributed by atoms with Gasteiger partial charge in [-0.1, -0.05) is 18.9 Å². The molecule has 2 aromatic rings. The zero-order valence-electron chi connectivity index (χ0n) is 16.4. The van der Waals surface area contributed by atoms with Crippen LogP contribution in [0.4, 0.5) is 0 Å². The summed E-state index contributed by atoms with van der Waals surface area (Å²) in [4.78, 5) is 15.3. The third kappa shape index (κ3) is 4.45. The molecule has 0 radical (unpaired) electrons. The number of rotatable bonds is 6. The Balaban J connectivity index is 1.42. The first kappa shape index (κ1) is 20.6. The molecule has 1 atom stereocenters. The van der Waals surface area contributed by atoms with E-state index in [2.05, 4.69) is 19.0 Å². The lowest BCUT2D eigenvalue weighted by Crippen LogP contribution is -2.47. The van der Waals surface area contributed by atoms with Crippen LogP contribution in [-0.4, -0.2) is 71.0 Å². The summed E-state index contributed by atoms with van der Waals surface area (Å²) < 4.78 is 36.2. The number of hydrogen-bond donors (Lipinski definition) is 1. The maximum Gasteiger partial charge on any atom is 0.246 e. The van der Waals surface area contributed by atoms with Gasteiger partial charge >= 0.3 is 0 Å². The minimum absolute atomic E-state index is 0.132. The van der Waals surface area contributed by atoms with Crippen LogP contribution < -0.4 is 5.32 Å². The Labute approximate surface area is 175 Å². The molecule has 3 heterocycles. The van der Waals surface area contributed by atoms with Gasteiger partial charge in [0.05, 0.1) is 11.7 Å². The molecule has 2 aliphatic heterocycles. The fourth-order valence-electron chi connectivity index (χ4n) is 4.22. The van der Waals surface area contributed by atoms with Crippen LogP contribution in [0.15, 0.2) is 23.1 Å². The summed E-state index contributed by atoms with van der Waals surface area (Å²) in [6.07, 6.45) is 6.19. The van der Waals surface area contributed by atoms with E-state index in [0.29, 0.717) is 37.0 Å². The monoisotopic (exact) mass is 437 g/mol. The van der Waals surface area contributed by atoms with Crippen LogP contribution in [-0.2, 0) is 14.8 Å². The van der Waals surface area contributed by atoms with Gasteiger partial charge in [-0.25, -0.2) is 8.42 Å². The van der Waals surface area contributed by atoms with Gasteiger partial charge in [0.15, 0.2) is 0 Å². The number of amides is 1. The van der Waals surface area contributed by atoms with E-state index < -0.39 is 16.1 Å². The number of nitrogens with zero attached hydrogens (tertiary/aromatic N) is 4. The SMILES string of the molecule is O=C(NCCN1CCCCCC1)[C@H]1CCCN1S(=O)(=O)c1cccc2nsnc12. The van der Waals surface area contributed by atoms with E-state index in [0.717, 1.165) is 31.4 Å². The summed E-state index contributed by atoms with van der Waals surface area (Å²) in [5.41, 5.74) is 0.943. The normalized spacial score (nSPS) is 22.0. The Bertz CT molecular complexity index is 954. The van der Waals surface area contributed by atoms with Gasteiger partial charge in [-0.15, -0.1) is 0 Å². The second-order valence-electron chi connectivity index (χ2n) is 7.71. The maximum absolute atomic E-state index is 13.3. The van der Waals surface area contributed by atoms with E-state index in [9.17, 15) is 13.2 Å². The summed E-state index contributed by atoms with van der Waals surface area (Å²) in [6.45, 7) is 3.86. The smallest absolute Gasteiger partial charge is 0.246 e. The van der Waals surface area contributed by atoms with Crippen molar-refractivity contribution in [1.82, 2.24) is 23.3 Å². The van der Waals surface area contributed by atoms with Crippen LogP contribution in [0.2, 0.25) is 0 Å². The molecule has 8 nitrogen and oxygen atoms in total. The topological polar surface area (TPSA) is 95.5 Å². The molecule has 0 aliphatic carbocycles. The molecule has 0 unspecified atom stereocenters.